The maximum absolute atomic E-state index is 5.76. The highest BCUT2D eigenvalue weighted by Crippen LogP contribution is 2.44. The van der Waals surface area contributed by atoms with Crippen LogP contribution in [-0.2, 0) is 12.0 Å². The van der Waals surface area contributed by atoms with Crippen LogP contribution < -0.4 is 10.6 Å². The summed E-state index contributed by atoms with van der Waals surface area (Å²) < 4.78 is 5.76. The molecule has 1 atom stereocenters. The molecule has 1 fully saturated rings. The average Bonchev–Trinajstić information content (AvgIpc) is 2.78. The highest BCUT2D eigenvalue weighted by atomic mass is 16.4. The van der Waals surface area contributed by atoms with E-state index >= 15 is 0 Å². The van der Waals surface area contributed by atoms with Crippen LogP contribution in [0.5, 0.6) is 0 Å². The molecule has 1 saturated carbocycles. The lowest BCUT2D eigenvalue weighted by atomic mass is 9.94. The summed E-state index contributed by atoms with van der Waals surface area (Å²) in [6.07, 6.45) is 2.99. The van der Waals surface area contributed by atoms with Crippen molar-refractivity contribution in [2.45, 2.75) is 66.0 Å². The van der Waals surface area contributed by atoms with E-state index < -0.39 is 0 Å². The molecular weight excluding hydrogens is 264 g/mol. The molecule has 1 aliphatic carbocycles. The Labute approximate surface area is 127 Å². The first-order valence-electron chi connectivity index (χ1n) is 7.72. The predicted octanol–water partition coefficient (Wildman–Crippen LogP) is 2.83. The second kappa shape index (κ2) is 5.70. The summed E-state index contributed by atoms with van der Waals surface area (Å²) in [6, 6.07) is 0.505. The van der Waals surface area contributed by atoms with E-state index in [9.17, 15) is 0 Å². The van der Waals surface area contributed by atoms with E-state index in [0.29, 0.717) is 23.9 Å². The van der Waals surface area contributed by atoms with Crippen LogP contribution >= 0.6 is 0 Å². The molecule has 118 valence electrons. The van der Waals surface area contributed by atoms with Crippen molar-refractivity contribution < 1.29 is 4.42 Å². The molecule has 0 amide bonds. The van der Waals surface area contributed by atoms with Gasteiger partial charge in [0, 0.05) is 18.0 Å². The predicted molar refractivity (Wildman–Crippen MR) is 85.3 cm³/mol. The molecular formula is C16H28N4O. The van der Waals surface area contributed by atoms with Crippen molar-refractivity contribution in [3.63, 3.8) is 0 Å². The molecule has 0 aromatic carbocycles. The van der Waals surface area contributed by atoms with Crippen molar-refractivity contribution in [1.82, 2.24) is 15.6 Å². The number of nitrogens with zero attached hydrogens (tertiary/aromatic N) is 2. The molecule has 0 spiro atoms. The summed E-state index contributed by atoms with van der Waals surface area (Å²) in [5.74, 6) is 2.39. The lowest BCUT2D eigenvalue weighted by Crippen LogP contribution is -2.39. The SMILES string of the molecule is CCNC(=NCc1ncc(C(C)(C)C)o1)NC1CC1(C)C. The average molecular weight is 292 g/mol. The van der Waals surface area contributed by atoms with E-state index in [4.69, 9.17) is 4.42 Å². The fraction of sp³-hybridized carbons (Fsp3) is 0.750. The smallest absolute Gasteiger partial charge is 0.216 e. The second-order valence-electron chi connectivity index (χ2n) is 7.45. The van der Waals surface area contributed by atoms with Crippen molar-refractivity contribution in [1.29, 1.82) is 0 Å². The van der Waals surface area contributed by atoms with Crippen LogP contribution in [0.3, 0.4) is 0 Å². The maximum atomic E-state index is 5.76. The zero-order chi connectivity index (χ0) is 15.7. The van der Waals surface area contributed by atoms with E-state index in [0.717, 1.165) is 18.3 Å². The minimum absolute atomic E-state index is 0.0181. The third-order valence-corrected chi connectivity index (χ3v) is 3.83. The van der Waals surface area contributed by atoms with E-state index in [2.05, 4.69) is 62.2 Å². The minimum Gasteiger partial charge on any atom is -0.443 e. The molecule has 21 heavy (non-hydrogen) atoms. The van der Waals surface area contributed by atoms with Gasteiger partial charge in [-0.25, -0.2) is 9.98 Å². The van der Waals surface area contributed by atoms with Gasteiger partial charge >= 0.3 is 0 Å². The summed E-state index contributed by atoms with van der Waals surface area (Å²) in [6.45, 7) is 14.2. The number of oxazole rings is 1. The molecule has 1 aliphatic rings. The number of nitrogens with one attached hydrogen (secondary N) is 2. The Morgan fingerprint density at radius 2 is 2.14 bits per heavy atom. The van der Waals surface area contributed by atoms with Crippen LogP contribution in [0.2, 0.25) is 0 Å². The summed E-state index contributed by atoms with van der Waals surface area (Å²) >= 11 is 0. The number of hydrogen-bond donors (Lipinski definition) is 2. The molecule has 0 saturated heterocycles. The van der Waals surface area contributed by atoms with Crippen LogP contribution in [-0.4, -0.2) is 23.5 Å². The first-order valence-corrected chi connectivity index (χ1v) is 7.72. The normalized spacial score (nSPS) is 21.2. The fourth-order valence-corrected chi connectivity index (χ4v) is 2.08. The van der Waals surface area contributed by atoms with Gasteiger partial charge in [0.15, 0.2) is 5.96 Å². The monoisotopic (exact) mass is 292 g/mol. The molecule has 1 aromatic rings. The van der Waals surface area contributed by atoms with Gasteiger partial charge in [-0.1, -0.05) is 34.6 Å². The van der Waals surface area contributed by atoms with E-state index in [1.807, 2.05) is 0 Å². The van der Waals surface area contributed by atoms with Crippen LogP contribution in [0, 0.1) is 5.41 Å². The molecule has 1 unspecified atom stereocenters. The number of aromatic nitrogens is 1. The summed E-state index contributed by atoms with van der Waals surface area (Å²) in [5, 5.41) is 6.73. The zero-order valence-electron chi connectivity index (χ0n) is 14.1. The number of rotatable bonds is 4. The van der Waals surface area contributed by atoms with Crippen LogP contribution in [0.25, 0.3) is 0 Å². The van der Waals surface area contributed by atoms with Gasteiger partial charge < -0.3 is 15.1 Å². The van der Waals surface area contributed by atoms with Crippen LogP contribution in [0.4, 0.5) is 0 Å². The van der Waals surface area contributed by atoms with Crippen LogP contribution in [0.1, 0.15) is 59.6 Å². The largest absolute Gasteiger partial charge is 0.443 e. The topological polar surface area (TPSA) is 62.5 Å². The molecule has 0 bridgehead atoms. The molecule has 5 heteroatoms. The Hall–Kier alpha value is -1.52. The van der Waals surface area contributed by atoms with Gasteiger partial charge in [-0.05, 0) is 18.8 Å². The van der Waals surface area contributed by atoms with Gasteiger partial charge in [-0.15, -0.1) is 0 Å². The summed E-state index contributed by atoms with van der Waals surface area (Å²) in [5.41, 5.74) is 0.355. The molecule has 5 nitrogen and oxygen atoms in total. The van der Waals surface area contributed by atoms with E-state index in [1.54, 1.807) is 6.20 Å². The molecule has 0 radical (unpaired) electrons. The Morgan fingerprint density at radius 1 is 1.48 bits per heavy atom. The first kappa shape index (κ1) is 15.9. The van der Waals surface area contributed by atoms with E-state index in [1.165, 1.54) is 6.42 Å². The van der Waals surface area contributed by atoms with Crippen LogP contribution in [0.15, 0.2) is 15.6 Å². The lowest BCUT2D eigenvalue weighted by Gasteiger charge is -2.13. The van der Waals surface area contributed by atoms with Crippen molar-refractivity contribution >= 4 is 5.96 Å². The van der Waals surface area contributed by atoms with Gasteiger partial charge in [0.2, 0.25) is 5.89 Å². The lowest BCUT2D eigenvalue weighted by molar-refractivity contribution is 0.383. The summed E-state index contributed by atoms with van der Waals surface area (Å²) in [7, 11) is 0. The highest BCUT2D eigenvalue weighted by Gasteiger charge is 2.46. The Kier molecular flexibility index (Phi) is 4.30. The number of guanidine groups is 1. The summed E-state index contributed by atoms with van der Waals surface area (Å²) in [4.78, 5) is 8.87. The molecule has 2 N–H and O–H groups in total. The molecule has 1 aromatic heterocycles. The Morgan fingerprint density at radius 3 is 2.62 bits per heavy atom. The zero-order valence-corrected chi connectivity index (χ0v) is 14.1. The van der Waals surface area contributed by atoms with Crippen molar-refractivity contribution in [3.05, 3.63) is 17.8 Å². The minimum atomic E-state index is -0.0181. The van der Waals surface area contributed by atoms with Crippen molar-refractivity contribution in [2.75, 3.05) is 6.54 Å². The first-order chi connectivity index (χ1) is 9.72. The van der Waals surface area contributed by atoms with Gasteiger partial charge in [-0.2, -0.15) is 0 Å². The molecule has 1 heterocycles. The highest BCUT2D eigenvalue weighted by molar-refractivity contribution is 5.80. The molecule has 2 rings (SSSR count). The third-order valence-electron chi connectivity index (χ3n) is 3.83. The van der Waals surface area contributed by atoms with Gasteiger partial charge in [0.25, 0.3) is 0 Å². The van der Waals surface area contributed by atoms with Gasteiger partial charge in [0.05, 0.1) is 6.20 Å². The van der Waals surface area contributed by atoms with E-state index in [-0.39, 0.29) is 5.41 Å². The fourth-order valence-electron chi connectivity index (χ4n) is 2.08. The standard InChI is InChI=1S/C16H28N4O/c1-7-17-14(20-11-8-16(11,5)6)19-10-13-18-9-12(21-13)15(2,3)4/h9,11H,7-8,10H2,1-6H3,(H2,17,19,20). The van der Waals surface area contributed by atoms with Crippen molar-refractivity contribution in [3.8, 4) is 0 Å². The quantitative estimate of drug-likeness (QED) is 0.661. The van der Waals surface area contributed by atoms with Crippen molar-refractivity contribution in [2.24, 2.45) is 10.4 Å². The maximum Gasteiger partial charge on any atom is 0.216 e. The Balaban J connectivity index is 1.97. The number of hydrogen-bond acceptors (Lipinski definition) is 3. The number of aliphatic imine (C=N–C) groups is 1. The van der Waals surface area contributed by atoms with Gasteiger partial charge in [0.1, 0.15) is 12.3 Å². The van der Waals surface area contributed by atoms with Gasteiger partial charge in [-0.3, -0.25) is 0 Å². The molecule has 0 aliphatic heterocycles. The third kappa shape index (κ3) is 4.22. The Bertz CT molecular complexity index is 511. The second-order valence-corrected chi connectivity index (χ2v) is 7.45.